The number of carbonyl (C=O) groups is 2. The van der Waals surface area contributed by atoms with Gasteiger partial charge < -0.3 is 0 Å². The molecule has 0 rings (SSSR count). The lowest BCUT2D eigenvalue weighted by Crippen LogP contribution is -2.09. The van der Waals surface area contributed by atoms with Crippen LogP contribution >= 0.6 is 12.6 Å². The number of allylic oxidation sites excluding steroid dienone is 7. The van der Waals surface area contributed by atoms with Gasteiger partial charge in [-0.3, -0.25) is 9.59 Å². The van der Waals surface area contributed by atoms with Crippen LogP contribution in [0.3, 0.4) is 0 Å². The minimum atomic E-state index is -0.446. The van der Waals surface area contributed by atoms with Crippen molar-refractivity contribution in [3.8, 4) is 0 Å². The highest BCUT2D eigenvalue weighted by Crippen LogP contribution is 2.17. The van der Waals surface area contributed by atoms with Gasteiger partial charge in [0.1, 0.15) is 0 Å². The van der Waals surface area contributed by atoms with Crippen molar-refractivity contribution >= 4 is 23.5 Å². The Morgan fingerprint density at radius 2 is 1.30 bits per heavy atom. The Hall–Kier alpha value is -1.35. The third-order valence-corrected chi connectivity index (χ3v) is 3.65. The van der Waals surface area contributed by atoms with Crippen molar-refractivity contribution in [1.29, 1.82) is 0 Å². The lowest BCUT2D eigenvalue weighted by molar-refractivity contribution is -0.115. The number of ketones is 1. The van der Waals surface area contributed by atoms with Crippen LogP contribution in [-0.4, -0.2) is 10.9 Å². The number of carbonyl (C=O) groups excluding carboxylic acids is 2. The summed E-state index contributed by atoms with van der Waals surface area (Å²) in [6, 6.07) is 0. The molecule has 0 aliphatic carbocycles. The zero-order chi connectivity index (χ0) is 18.0. The van der Waals surface area contributed by atoms with E-state index in [1.165, 1.54) is 11.1 Å². The van der Waals surface area contributed by atoms with Gasteiger partial charge in [0.05, 0.1) is 5.57 Å². The fourth-order valence-electron chi connectivity index (χ4n) is 2.16. The fraction of sp³-hybridized carbons (Fsp3) is 0.500. The van der Waals surface area contributed by atoms with E-state index in [2.05, 4.69) is 38.6 Å². The zero-order valence-electron chi connectivity index (χ0n) is 15.3. The van der Waals surface area contributed by atoms with Crippen LogP contribution in [0.15, 0.2) is 46.1 Å². The van der Waals surface area contributed by atoms with E-state index in [9.17, 15) is 9.59 Å². The van der Waals surface area contributed by atoms with Gasteiger partial charge in [0, 0.05) is 0 Å². The lowest BCUT2D eigenvalue weighted by atomic mass is 9.99. The van der Waals surface area contributed by atoms with Gasteiger partial charge in [-0.05, 0) is 73.3 Å². The van der Waals surface area contributed by atoms with Crippen molar-refractivity contribution in [3.05, 3.63) is 46.1 Å². The number of rotatable bonds is 9. The Kier molecular flexibility index (Phi) is 10.6. The number of hydrogen-bond donors (Lipinski definition) is 1. The first-order chi connectivity index (χ1) is 10.6. The van der Waals surface area contributed by atoms with E-state index in [1.807, 2.05) is 27.7 Å². The van der Waals surface area contributed by atoms with Gasteiger partial charge in [-0.25, -0.2) is 0 Å². The van der Waals surface area contributed by atoms with Crippen LogP contribution in [0.1, 0.15) is 67.2 Å². The molecule has 0 atom stereocenters. The summed E-state index contributed by atoms with van der Waals surface area (Å²) in [7, 11) is 0. The molecule has 0 amide bonds. The molecule has 0 saturated heterocycles. The molecular weight excluding hydrogens is 304 g/mol. The van der Waals surface area contributed by atoms with Crippen LogP contribution in [0.4, 0.5) is 0 Å². The maximum atomic E-state index is 12.4. The highest BCUT2D eigenvalue weighted by atomic mass is 32.1. The minimum absolute atomic E-state index is 0.219. The van der Waals surface area contributed by atoms with Gasteiger partial charge in [0.2, 0.25) is 5.12 Å². The molecule has 0 unspecified atom stereocenters. The van der Waals surface area contributed by atoms with Crippen molar-refractivity contribution in [3.63, 3.8) is 0 Å². The maximum Gasteiger partial charge on any atom is 0.220 e. The molecule has 0 heterocycles. The predicted octanol–water partition coefficient (Wildman–Crippen LogP) is 5.77. The van der Waals surface area contributed by atoms with E-state index < -0.39 is 5.12 Å². The second-order valence-electron chi connectivity index (χ2n) is 6.46. The number of thiol groups is 1. The van der Waals surface area contributed by atoms with Crippen molar-refractivity contribution in [1.82, 2.24) is 0 Å². The largest absolute Gasteiger partial charge is 0.289 e. The molecule has 2 nitrogen and oxygen atoms in total. The molecule has 0 spiro atoms. The highest BCUT2D eigenvalue weighted by Gasteiger charge is 2.16. The summed E-state index contributed by atoms with van der Waals surface area (Å²) in [5.74, 6) is -0.227. The first-order valence-corrected chi connectivity index (χ1v) is 8.51. The topological polar surface area (TPSA) is 34.1 Å². The van der Waals surface area contributed by atoms with Crippen LogP contribution < -0.4 is 0 Å². The van der Waals surface area contributed by atoms with Crippen LogP contribution in [0, 0.1) is 0 Å². The normalized spacial score (nSPS) is 12.4. The molecule has 0 saturated carbocycles. The zero-order valence-corrected chi connectivity index (χ0v) is 16.2. The van der Waals surface area contributed by atoms with Crippen molar-refractivity contribution in [2.24, 2.45) is 0 Å². The minimum Gasteiger partial charge on any atom is -0.289 e. The molecule has 0 aromatic heterocycles. The highest BCUT2D eigenvalue weighted by molar-refractivity contribution is 7.97. The van der Waals surface area contributed by atoms with E-state index in [1.54, 1.807) is 6.08 Å². The van der Waals surface area contributed by atoms with Crippen LogP contribution in [-0.2, 0) is 9.59 Å². The van der Waals surface area contributed by atoms with Crippen LogP contribution in [0.25, 0.3) is 0 Å². The van der Waals surface area contributed by atoms with E-state index >= 15 is 0 Å². The Morgan fingerprint density at radius 1 is 0.826 bits per heavy atom. The van der Waals surface area contributed by atoms with Gasteiger partial charge in [0.25, 0.3) is 0 Å². The monoisotopic (exact) mass is 334 g/mol. The molecule has 128 valence electrons. The third-order valence-electron chi connectivity index (χ3n) is 3.43. The summed E-state index contributed by atoms with van der Waals surface area (Å²) in [6.07, 6.45) is 9.08. The van der Waals surface area contributed by atoms with E-state index in [0.717, 1.165) is 30.4 Å². The molecule has 0 aliphatic rings. The molecular formula is C20H30O2S. The molecule has 3 heteroatoms. The van der Waals surface area contributed by atoms with E-state index in [4.69, 9.17) is 0 Å². The molecule has 0 radical (unpaired) electrons. The van der Waals surface area contributed by atoms with Crippen molar-refractivity contribution < 1.29 is 9.59 Å². The van der Waals surface area contributed by atoms with Gasteiger partial charge in [0.15, 0.2) is 5.78 Å². The molecule has 0 N–H and O–H groups in total. The lowest BCUT2D eigenvalue weighted by Gasteiger charge is -2.06. The first-order valence-electron chi connectivity index (χ1n) is 8.06. The molecule has 0 aromatic rings. The summed E-state index contributed by atoms with van der Waals surface area (Å²) in [5.41, 5.74) is 4.51. The SMILES string of the molecule is CC(C)=CCC/C(C)=C/C(=O)/C(C(=O)S)=C(/C)CCC=C(C)C. The fourth-order valence-corrected chi connectivity index (χ4v) is 2.46. The Morgan fingerprint density at radius 3 is 1.74 bits per heavy atom. The van der Waals surface area contributed by atoms with E-state index in [0.29, 0.717) is 6.42 Å². The second-order valence-corrected chi connectivity index (χ2v) is 6.86. The summed E-state index contributed by atoms with van der Waals surface area (Å²) >= 11 is 3.88. The molecule has 0 fully saturated rings. The molecule has 0 aliphatic heterocycles. The molecule has 23 heavy (non-hydrogen) atoms. The average Bonchev–Trinajstić information content (AvgIpc) is 2.36. The quantitative estimate of drug-likeness (QED) is 0.191. The average molecular weight is 335 g/mol. The summed E-state index contributed by atoms with van der Waals surface area (Å²) in [5, 5.41) is -0.446. The van der Waals surface area contributed by atoms with Crippen molar-refractivity contribution in [2.75, 3.05) is 0 Å². The number of hydrogen-bond acceptors (Lipinski definition) is 2. The van der Waals surface area contributed by atoms with Gasteiger partial charge in [-0.2, -0.15) is 0 Å². The molecule has 0 bridgehead atoms. The smallest absolute Gasteiger partial charge is 0.220 e. The second kappa shape index (κ2) is 11.2. The third kappa shape index (κ3) is 10.1. The maximum absolute atomic E-state index is 12.4. The van der Waals surface area contributed by atoms with Crippen molar-refractivity contribution in [2.45, 2.75) is 67.2 Å². The summed E-state index contributed by atoms with van der Waals surface area (Å²) in [6.45, 7) is 11.9. The van der Waals surface area contributed by atoms with E-state index in [-0.39, 0.29) is 11.4 Å². The van der Waals surface area contributed by atoms with Gasteiger partial charge >= 0.3 is 0 Å². The van der Waals surface area contributed by atoms with Crippen LogP contribution in [0.5, 0.6) is 0 Å². The summed E-state index contributed by atoms with van der Waals surface area (Å²) < 4.78 is 0. The van der Waals surface area contributed by atoms with Crippen LogP contribution in [0.2, 0.25) is 0 Å². The van der Waals surface area contributed by atoms with Gasteiger partial charge in [-0.1, -0.05) is 34.4 Å². The molecule has 0 aromatic carbocycles. The van der Waals surface area contributed by atoms with Gasteiger partial charge in [-0.15, -0.1) is 12.6 Å². The first kappa shape index (κ1) is 21.6. The summed E-state index contributed by atoms with van der Waals surface area (Å²) in [4.78, 5) is 24.1. The Bertz CT molecular complexity index is 552. The predicted molar refractivity (Wildman–Crippen MR) is 103 cm³/mol. The Balaban J connectivity index is 5.08. The standard InChI is InChI=1S/C20H30O2S/c1-14(2)9-7-11-16(5)13-18(21)19(20(22)23)17(6)12-8-10-15(3)4/h9-10,13H,7-8,11-12H2,1-6H3,(H,22,23)/b16-13+,19-17+. The Labute approximate surface area is 146 Å².